The highest BCUT2D eigenvalue weighted by molar-refractivity contribution is 8.00. The summed E-state index contributed by atoms with van der Waals surface area (Å²) in [6.07, 6.45) is 1.60. The molecule has 4 rings (SSSR count). The predicted molar refractivity (Wildman–Crippen MR) is 110 cm³/mol. The molecule has 1 saturated heterocycles. The van der Waals surface area contributed by atoms with Crippen LogP contribution in [0, 0.1) is 16.0 Å². The first-order valence-electron chi connectivity index (χ1n) is 9.84. The smallest absolute Gasteiger partial charge is 0.269 e. The van der Waals surface area contributed by atoms with Gasteiger partial charge < -0.3 is 10.6 Å². The summed E-state index contributed by atoms with van der Waals surface area (Å²) in [5.74, 6) is -1.22. The van der Waals surface area contributed by atoms with E-state index < -0.39 is 16.8 Å². The Hall–Kier alpha value is -2.39. The first-order valence-corrected chi connectivity index (χ1v) is 10.8. The lowest BCUT2D eigenvalue weighted by Crippen LogP contribution is -2.68. The third-order valence-corrected chi connectivity index (χ3v) is 6.64. The molecule has 0 aromatic heterocycles. The Morgan fingerprint density at radius 3 is 2.72 bits per heavy atom. The molecule has 1 amide bonds. The number of rotatable bonds is 4. The molecule has 3 aliphatic rings. The van der Waals surface area contributed by atoms with Gasteiger partial charge in [0.25, 0.3) is 5.69 Å². The number of hydrogen-bond donors (Lipinski definition) is 3. The molecule has 3 N–H and O–H groups in total. The van der Waals surface area contributed by atoms with Crippen LogP contribution in [-0.2, 0) is 9.59 Å². The van der Waals surface area contributed by atoms with Gasteiger partial charge in [-0.1, -0.05) is 26.0 Å². The van der Waals surface area contributed by atoms with E-state index in [1.54, 1.807) is 23.9 Å². The highest BCUT2D eigenvalue weighted by Crippen LogP contribution is 2.44. The molecule has 2 heterocycles. The Kier molecular flexibility index (Phi) is 5.35. The molecular weight excluding hydrogens is 392 g/mol. The molecular formula is C20H24N4O4S. The fourth-order valence-electron chi connectivity index (χ4n) is 4.45. The van der Waals surface area contributed by atoms with E-state index in [-0.39, 0.29) is 29.0 Å². The van der Waals surface area contributed by atoms with Crippen LogP contribution in [0.2, 0.25) is 0 Å². The number of allylic oxidation sites excluding steroid dienone is 2. The van der Waals surface area contributed by atoms with Crippen molar-refractivity contribution in [3.8, 4) is 0 Å². The normalized spacial score (nSPS) is 29.1. The summed E-state index contributed by atoms with van der Waals surface area (Å²) in [5.41, 5.74) is 1.81. The van der Waals surface area contributed by atoms with E-state index >= 15 is 0 Å². The van der Waals surface area contributed by atoms with Gasteiger partial charge in [0.15, 0.2) is 5.78 Å². The molecule has 1 aliphatic carbocycles. The zero-order valence-electron chi connectivity index (χ0n) is 16.3. The summed E-state index contributed by atoms with van der Waals surface area (Å²) in [6, 6.07) is 6.30. The fraction of sp³-hybridized carbons (Fsp3) is 0.500. The zero-order chi connectivity index (χ0) is 20.7. The second kappa shape index (κ2) is 7.79. The molecule has 0 spiro atoms. The van der Waals surface area contributed by atoms with Gasteiger partial charge in [0.2, 0.25) is 5.91 Å². The van der Waals surface area contributed by atoms with E-state index in [2.05, 4.69) is 29.8 Å². The van der Waals surface area contributed by atoms with Gasteiger partial charge in [-0.05, 0) is 18.4 Å². The SMILES string of the molecule is CC(C)SC1NC(=O)C2C(NC3=C(C(=O)CCC3)C2c2cccc([N+](=O)[O-])c2)N1. The molecule has 1 aromatic rings. The molecule has 9 heteroatoms. The van der Waals surface area contributed by atoms with Gasteiger partial charge >= 0.3 is 0 Å². The number of nitro groups is 1. The van der Waals surface area contributed by atoms with Gasteiger partial charge in [-0.2, -0.15) is 0 Å². The number of ketones is 1. The number of Topliss-reactive ketones (excluding diaryl/α,β-unsaturated/α-hetero) is 1. The lowest BCUT2D eigenvalue weighted by atomic mass is 9.70. The first-order chi connectivity index (χ1) is 13.8. The van der Waals surface area contributed by atoms with Gasteiger partial charge in [0.05, 0.1) is 17.0 Å². The van der Waals surface area contributed by atoms with Crippen LogP contribution in [0.3, 0.4) is 0 Å². The van der Waals surface area contributed by atoms with Crippen LogP contribution in [0.4, 0.5) is 5.69 Å². The molecule has 0 radical (unpaired) electrons. The molecule has 29 heavy (non-hydrogen) atoms. The quantitative estimate of drug-likeness (QED) is 0.510. The Morgan fingerprint density at radius 2 is 2.00 bits per heavy atom. The van der Waals surface area contributed by atoms with Crippen molar-refractivity contribution in [2.45, 2.75) is 55.9 Å². The number of benzene rings is 1. The second-order valence-electron chi connectivity index (χ2n) is 7.89. The maximum Gasteiger partial charge on any atom is 0.269 e. The van der Waals surface area contributed by atoms with Gasteiger partial charge in [-0.25, -0.2) is 0 Å². The van der Waals surface area contributed by atoms with Crippen LogP contribution < -0.4 is 16.0 Å². The van der Waals surface area contributed by atoms with Crippen molar-refractivity contribution >= 4 is 29.1 Å². The molecule has 0 bridgehead atoms. The van der Waals surface area contributed by atoms with E-state index in [4.69, 9.17) is 0 Å². The number of carbonyl (C=O) groups is 2. The summed E-state index contributed by atoms with van der Waals surface area (Å²) in [6.45, 7) is 4.12. The van der Waals surface area contributed by atoms with Crippen molar-refractivity contribution in [2.75, 3.05) is 0 Å². The molecule has 4 atom stereocenters. The molecule has 1 aromatic carbocycles. The minimum Gasteiger partial charge on any atom is -0.372 e. The van der Waals surface area contributed by atoms with Crippen LogP contribution in [0.15, 0.2) is 35.5 Å². The summed E-state index contributed by atoms with van der Waals surface area (Å²) in [4.78, 5) is 36.8. The van der Waals surface area contributed by atoms with Crippen molar-refractivity contribution < 1.29 is 14.5 Å². The summed E-state index contributed by atoms with van der Waals surface area (Å²) < 4.78 is 0. The van der Waals surface area contributed by atoms with Gasteiger partial charge in [0, 0.05) is 41.0 Å². The van der Waals surface area contributed by atoms with Crippen LogP contribution in [-0.4, -0.2) is 33.5 Å². The Morgan fingerprint density at radius 1 is 1.21 bits per heavy atom. The molecule has 4 unspecified atom stereocenters. The van der Waals surface area contributed by atoms with Gasteiger partial charge in [-0.3, -0.25) is 25.0 Å². The number of amides is 1. The highest BCUT2D eigenvalue weighted by atomic mass is 32.2. The minimum absolute atomic E-state index is 0.0141. The number of nitrogens with one attached hydrogen (secondary N) is 3. The van der Waals surface area contributed by atoms with Crippen molar-refractivity contribution in [3.63, 3.8) is 0 Å². The van der Waals surface area contributed by atoms with Crippen molar-refractivity contribution in [2.24, 2.45) is 5.92 Å². The topological polar surface area (TPSA) is 113 Å². The summed E-state index contributed by atoms with van der Waals surface area (Å²) >= 11 is 1.61. The number of fused-ring (bicyclic) bond motifs is 1. The number of nitrogens with zero attached hydrogens (tertiary/aromatic N) is 1. The average molecular weight is 417 g/mol. The number of thioether (sulfide) groups is 1. The van der Waals surface area contributed by atoms with Crippen molar-refractivity contribution in [3.05, 3.63) is 51.2 Å². The Balaban J connectivity index is 1.78. The highest BCUT2D eigenvalue weighted by Gasteiger charge is 2.49. The van der Waals surface area contributed by atoms with Gasteiger partial charge in [0.1, 0.15) is 5.50 Å². The predicted octanol–water partition coefficient (Wildman–Crippen LogP) is 2.38. The first kappa shape index (κ1) is 19.9. The van der Waals surface area contributed by atoms with Gasteiger partial charge in [-0.15, -0.1) is 11.8 Å². The summed E-state index contributed by atoms with van der Waals surface area (Å²) in [7, 11) is 0. The molecule has 8 nitrogen and oxygen atoms in total. The van der Waals surface area contributed by atoms with Crippen LogP contribution in [0.25, 0.3) is 0 Å². The Bertz CT molecular complexity index is 900. The number of hydrogen-bond acceptors (Lipinski definition) is 7. The standard InChI is InChI=1S/C20H24N4O4S/c1-10(2)29-20-22-18-17(19(26)23-20)15(11-5-3-6-12(9-11)24(27)28)16-13(21-18)7-4-8-14(16)25/h3,5-6,9-10,15,17-18,20-22H,4,7-8H2,1-2H3,(H,23,26). The monoisotopic (exact) mass is 416 g/mol. The van der Waals surface area contributed by atoms with Crippen molar-refractivity contribution in [1.82, 2.24) is 16.0 Å². The molecule has 0 saturated carbocycles. The minimum atomic E-state index is -0.568. The molecule has 2 aliphatic heterocycles. The maximum absolute atomic E-state index is 13.1. The second-order valence-corrected chi connectivity index (χ2v) is 9.57. The van der Waals surface area contributed by atoms with Crippen LogP contribution in [0.5, 0.6) is 0 Å². The molecule has 1 fully saturated rings. The average Bonchev–Trinajstić information content (AvgIpc) is 2.66. The largest absolute Gasteiger partial charge is 0.372 e. The van der Waals surface area contributed by atoms with E-state index in [1.165, 1.54) is 12.1 Å². The lowest BCUT2D eigenvalue weighted by molar-refractivity contribution is -0.384. The number of nitro benzene ring substituents is 1. The fourth-order valence-corrected chi connectivity index (χ4v) is 5.41. The number of non-ortho nitro benzene ring substituents is 1. The zero-order valence-corrected chi connectivity index (χ0v) is 17.1. The maximum atomic E-state index is 13.1. The van der Waals surface area contributed by atoms with E-state index in [0.717, 1.165) is 18.5 Å². The lowest BCUT2D eigenvalue weighted by Gasteiger charge is -2.47. The van der Waals surface area contributed by atoms with Crippen molar-refractivity contribution in [1.29, 1.82) is 0 Å². The summed E-state index contributed by atoms with van der Waals surface area (Å²) in [5, 5.41) is 21.5. The van der Waals surface area contributed by atoms with E-state index in [1.807, 2.05) is 0 Å². The third-order valence-electron chi connectivity index (χ3n) is 5.57. The number of carbonyl (C=O) groups excluding carboxylic acids is 2. The van der Waals surface area contributed by atoms with Crippen LogP contribution >= 0.6 is 11.8 Å². The third kappa shape index (κ3) is 3.76. The van der Waals surface area contributed by atoms with E-state index in [9.17, 15) is 19.7 Å². The van der Waals surface area contributed by atoms with E-state index in [0.29, 0.717) is 22.8 Å². The Labute approximate surface area is 173 Å². The van der Waals surface area contributed by atoms with Crippen LogP contribution in [0.1, 0.15) is 44.6 Å². The molecule has 154 valence electrons.